The van der Waals surface area contributed by atoms with Crippen LogP contribution >= 0.6 is 0 Å². The van der Waals surface area contributed by atoms with Crippen LogP contribution in [0.5, 0.6) is 11.5 Å². The van der Waals surface area contributed by atoms with Crippen LogP contribution < -0.4 is 15.6 Å². The molecule has 2 atom stereocenters. The Labute approximate surface area is 279 Å². The van der Waals surface area contributed by atoms with Crippen molar-refractivity contribution in [2.24, 2.45) is 0 Å². The monoisotopic (exact) mass is 703 g/mol. The van der Waals surface area contributed by atoms with Crippen LogP contribution in [0.4, 0.5) is 30.7 Å². The van der Waals surface area contributed by atoms with Crippen LogP contribution in [-0.4, -0.2) is 52.3 Å². The molecule has 0 saturated carbocycles. The average Bonchev–Trinajstić information content (AvgIpc) is 3.02. The third-order valence-corrected chi connectivity index (χ3v) is 8.75. The molecule has 1 aromatic heterocycles. The van der Waals surface area contributed by atoms with Gasteiger partial charge in [0, 0.05) is 48.6 Å². The van der Waals surface area contributed by atoms with Crippen molar-refractivity contribution in [2.75, 3.05) is 19.6 Å². The van der Waals surface area contributed by atoms with Crippen LogP contribution in [-0.2, 0) is 22.2 Å². The quantitative estimate of drug-likeness (QED) is 0.223. The van der Waals surface area contributed by atoms with Crippen LogP contribution in [0, 0.1) is 24.4 Å². The molecule has 8 nitrogen and oxygen atoms in total. The number of amides is 1. The Hall–Kier alpha value is -5.18. The highest BCUT2D eigenvalue weighted by Gasteiger charge is 2.38. The molecule has 2 N–H and O–H groups in total. The summed E-state index contributed by atoms with van der Waals surface area (Å²) >= 11 is 0. The number of carboxylic acids is 1. The largest absolute Gasteiger partial charge is 0.481 e. The maximum Gasteiger partial charge on any atom is 0.416 e. The fourth-order valence-electron chi connectivity index (χ4n) is 6.33. The molecule has 0 aliphatic carbocycles. The van der Waals surface area contributed by atoms with E-state index in [1.165, 1.54) is 12.1 Å². The first kappa shape index (κ1) is 34.7. The van der Waals surface area contributed by atoms with Crippen molar-refractivity contribution in [1.29, 1.82) is 0 Å². The van der Waals surface area contributed by atoms with Gasteiger partial charge in [0.15, 0.2) is 11.6 Å². The number of hydrogen-bond acceptors (Lipinski definition) is 5. The molecule has 0 radical (unpaired) electrons. The summed E-state index contributed by atoms with van der Waals surface area (Å²) < 4.78 is 109. The number of aromatic nitrogens is 1. The molecule has 1 fully saturated rings. The van der Waals surface area contributed by atoms with Crippen molar-refractivity contribution < 1.29 is 50.2 Å². The zero-order chi connectivity index (χ0) is 36.1. The summed E-state index contributed by atoms with van der Waals surface area (Å²) in [6, 6.07) is 6.22. The van der Waals surface area contributed by atoms with Crippen LogP contribution in [0.3, 0.4) is 0 Å². The molecule has 1 saturated heterocycles. The minimum absolute atomic E-state index is 0.00397. The van der Waals surface area contributed by atoms with Crippen molar-refractivity contribution in [3.63, 3.8) is 0 Å². The Morgan fingerprint density at radius 3 is 2.42 bits per heavy atom. The van der Waals surface area contributed by atoms with Crippen LogP contribution in [0.15, 0.2) is 65.6 Å². The Balaban J connectivity index is 1.58. The fourth-order valence-corrected chi connectivity index (χ4v) is 6.33. The molecule has 2 aliphatic rings. The van der Waals surface area contributed by atoms with Gasteiger partial charge in [0.2, 0.25) is 5.91 Å². The minimum atomic E-state index is -5.01. The lowest BCUT2D eigenvalue weighted by molar-refractivity contribution is -0.139. The van der Waals surface area contributed by atoms with Crippen molar-refractivity contribution >= 4 is 11.9 Å². The molecule has 15 heteroatoms. The van der Waals surface area contributed by atoms with E-state index < -0.39 is 88.0 Å². The normalized spacial score (nSPS) is 18.1. The number of aryl methyl sites for hydroxylation is 1. The zero-order valence-electron chi connectivity index (χ0n) is 26.2. The molecule has 0 spiro atoms. The van der Waals surface area contributed by atoms with E-state index in [0.29, 0.717) is 10.1 Å². The predicted molar refractivity (Wildman–Crippen MR) is 165 cm³/mol. The first-order chi connectivity index (χ1) is 23.6. The lowest BCUT2D eigenvalue weighted by atomic mass is 9.93. The Morgan fingerprint density at radius 2 is 1.74 bits per heavy atom. The summed E-state index contributed by atoms with van der Waals surface area (Å²) in [6.07, 6.45) is -6.74. The standard InChI is InChI=1S/C35H28F7N3O5/c1-17-3-2-4-28-31(17)19-9-23(32(39)26(38)10-19)27(13-30(47)48)43-34(49)33(22-11-21(50-28)5-6-25(22)37)45-14-18(7-8-44-15-20(36)16-44)24(12-29(45)46)35(40,41)42/h2-6,9-12,14,20,27,33H,7-8,13,15-16H2,1H3,(H,43,49)(H,47,48)/t27-,33-/m1/s1. The molecule has 4 bridgehead atoms. The number of aliphatic carboxylic acids is 1. The highest BCUT2D eigenvalue weighted by atomic mass is 19.4. The first-order valence-electron chi connectivity index (χ1n) is 15.4. The summed E-state index contributed by atoms with van der Waals surface area (Å²) in [5.74, 6) is -6.85. The van der Waals surface area contributed by atoms with Crippen molar-refractivity contribution in [3.8, 4) is 22.6 Å². The van der Waals surface area contributed by atoms with E-state index in [-0.39, 0.29) is 54.7 Å². The van der Waals surface area contributed by atoms with Gasteiger partial charge in [-0.15, -0.1) is 0 Å². The molecule has 4 aromatic rings. The van der Waals surface area contributed by atoms with Crippen molar-refractivity contribution in [2.45, 2.75) is 44.2 Å². The third kappa shape index (κ3) is 6.82. The van der Waals surface area contributed by atoms with Gasteiger partial charge in [-0.2, -0.15) is 13.2 Å². The molecular weight excluding hydrogens is 675 g/mol. The van der Waals surface area contributed by atoms with Gasteiger partial charge in [-0.25, -0.2) is 17.6 Å². The molecular formula is C35H28F7N3O5. The predicted octanol–water partition coefficient (Wildman–Crippen LogP) is 6.48. The molecule has 2 aliphatic heterocycles. The molecule has 262 valence electrons. The molecule has 6 rings (SSSR count). The van der Waals surface area contributed by atoms with Crippen LogP contribution in [0.1, 0.15) is 46.3 Å². The number of carbonyl (C=O) groups is 2. The number of alkyl halides is 4. The van der Waals surface area contributed by atoms with Crippen LogP contribution in [0.2, 0.25) is 0 Å². The van der Waals surface area contributed by atoms with Gasteiger partial charge in [0.05, 0.1) is 18.0 Å². The minimum Gasteiger partial charge on any atom is -0.481 e. The van der Waals surface area contributed by atoms with Gasteiger partial charge in [-0.3, -0.25) is 23.9 Å². The Bertz CT molecular complexity index is 2060. The lowest BCUT2D eigenvalue weighted by Crippen LogP contribution is -2.49. The van der Waals surface area contributed by atoms with E-state index in [1.807, 2.05) is 0 Å². The summed E-state index contributed by atoms with van der Waals surface area (Å²) in [5.41, 5.74) is -3.47. The van der Waals surface area contributed by atoms with Crippen molar-refractivity contribution in [1.82, 2.24) is 14.8 Å². The van der Waals surface area contributed by atoms with Gasteiger partial charge in [-0.05, 0) is 66.4 Å². The van der Waals surface area contributed by atoms with Gasteiger partial charge in [0.25, 0.3) is 5.56 Å². The topological polar surface area (TPSA) is 101 Å². The molecule has 3 aromatic carbocycles. The number of rotatable bonds is 6. The fraction of sp³-hybridized carbons (Fsp3) is 0.286. The second kappa shape index (κ2) is 13.3. The maximum atomic E-state index is 15.8. The second-order valence-corrected chi connectivity index (χ2v) is 12.2. The number of nitrogens with one attached hydrogen (secondary N) is 1. The number of hydrogen-bond donors (Lipinski definition) is 2. The summed E-state index contributed by atoms with van der Waals surface area (Å²) in [4.78, 5) is 41.1. The zero-order valence-corrected chi connectivity index (χ0v) is 26.2. The summed E-state index contributed by atoms with van der Waals surface area (Å²) in [7, 11) is 0. The number of ether oxygens (including phenoxy) is 1. The van der Waals surface area contributed by atoms with Gasteiger partial charge in [-0.1, -0.05) is 12.1 Å². The summed E-state index contributed by atoms with van der Waals surface area (Å²) in [6.45, 7) is 1.61. The highest BCUT2D eigenvalue weighted by Crippen LogP contribution is 2.40. The number of pyridine rings is 1. The Kier molecular flexibility index (Phi) is 9.20. The number of fused-ring (bicyclic) bond motifs is 6. The lowest BCUT2D eigenvalue weighted by Gasteiger charge is -2.34. The van der Waals surface area contributed by atoms with E-state index in [0.717, 1.165) is 30.5 Å². The van der Waals surface area contributed by atoms with Gasteiger partial charge < -0.3 is 15.2 Å². The smallest absolute Gasteiger partial charge is 0.416 e. The molecule has 1 amide bonds. The third-order valence-electron chi connectivity index (χ3n) is 8.75. The van der Waals surface area contributed by atoms with Gasteiger partial charge >= 0.3 is 12.1 Å². The number of likely N-dealkylation sites (tertiary alicyclic amines) is 1. The molecule has 50 heavy (non-hydrogen) atoms. The highest BCUT2D eigenvalue weighted by molar-refractivity contribution is 5.85. The SMILES string of the molecule is Cc1cccc2c1-c1cc(F)c(F)c(c1)[C@@H](CC(=O)O)NC(=O)[C@H](n1cc(CCN3CC(F)C3)c(C(F)(F)F)cc1=O)c1cc(ccc1F)O2. The van der Waals surface area contributed by atoms with E-state index in [4.69, 9.17) is 4.74 Å². The van der Waals surface area contributed by atoms with Crippen molar-refractivity contribution in [3.05, 3.63) is 116 Å². The Morgan fingerprint density at radius 1 is 1.00 bits per heavy atom. The number of benzene rings is 3. The van der Waals surface area contributed by atoms with E-state index in [2.05, 4.69) is 5.32 Å². The van der Waals surface area contributed by atoms with E-state index >= 15 is 13.2 Å². The molecule has 0 unspecified atom stereocenters. The van der Waals surface area contributed by atoms with Gasteiger partial charge in [0.1, 0.15) is 29.5 Å². The number of halogens is 7. The average molecular weight is 704 g/mol. The first-order valence-corrected chi connectivity index (χ1v) is 15.4. The van der Waals surface area contributed by atoms with E-state index in [1.54, 1.807) is 24.0 Å². The number of carboxylic acid groups (broad SMARTS) is 1. The maximum absolute atomic E-state index is 15.8. The van der Waals surface area contributed by atoms with Crippen LogP contribution in [0.25, 0.3) is 11.1 Å². The second-order valence-electron chi connectivity index (χ2n) is 12.2. The molecule has 3 heterocycles. The van der Waals surface area contributed by atoms with E-state index in [9.17, 15) is 37.1 Å². The number of nitrogens with zero attached hydrogens (tertiary/aromatic N) is 2. The number of carbonyl (C=O) groups excluding carboxylic acids is 1. The summed E-state index contributed by atoms with van der Waals surface area (Å²) in [5, 5.41) is 12.0.